The fourth-order valence-electron chi connectivity index (χ4n) is 1.56. The van der Waals surface area contributed by atoms with Crippen LogP contribution in [0.4, 0.5) is 0 Å². The highest BCUT2D eigenvalue weighted by Crippen LogP contribution is 2.13. The van der Waals surface area contributed by atoms with Gasteiger partial charge in [0.2, 0.25) is 0 Å². The molecule has 82 valence electrons. The maximum absolute atomic E-state index is 5.95. The zero-order chi connectivity index (χ0) is 11.4. The smallest absolute Gasteiger partial charge is 0.0799 e. The van der Waals surface area contributed by atoms with Gasteiger partial charge in [-0.25, -0.2) is 4.68 Å². The normalized spacial score (nSPS) is 12.3. The fourth-order valence-corrected chi connectivity index (χ4v) is 1.56. The van der Waals surface area contributed by atoms with Crippen LogP contribution < -0.4 is 5.73 Å². The second-order valence-corrected chi connectivity index (χ2v) is 3.65. The van der Waals surface area contributed by atoms with Gasteiger partial charge in [0.05, 0.1) is 17.4 Å². The Kier molecular flexibility index (Phi) is 3.17. The van der Waals surface area contributed by atoms with Gasteiger partial charge >= 0.3 is 0 Å². The van der Waals surface area contributed by atoms with Gasteiger partial charge in [-0.15, -0.1) is 6.58 Å². The van der Waals surface area contributed by atoms with Crippen LogP contribution in [0.5, 0.6) is 0 Å². The van der Waals surface area contributed by atoms with E-state index in [1.54, 1.807) is 0 Å². The van der Waals surface area contributed by atoms with Crippen molar-refractivity contribution >= 4 is 0 Å². The molecule has 0 fully saturated rings. The molecule has 0 saturated heterocycles. The Labute approximate surface area is 95.2 Å². The lowest BCUT2D eigenvalue weighted by Crippen LogP contribution is -2.10. The van der Waals surface area contributed by atoms with E-state index < -0.39 is 0 Å². The number of nitrogens with two attached hydrogens (primary N) is 1. The molecule has 1 aromatic heterocycles. The van der Waals surface area contributed by atoms with Crippen molar-refractivity contribution in [3.8, 4) is 5.69 Å². The van der Waals surface area contributed by atoms with E-state index in [-0.39, 0.29) is 6.04 Å². The molecule has 2 aromatic rings. The van der Waals surface area contributed by atoms with Crippen LogP contribution in [-0.2, 0) is 0 Å². The van der Waals surface area contributed by atoms with E-state index in [4.69, 9.17) is 5.73 Å². The lowest BCUT2D eigenvalue weighted by molar-refractivity contribution is 0.692. The number of hydrogen-bond donors (Lipinski definition) is 1. The molecule has 1 atom stereocenters. The lowest BCUT2D eigenvalue weighted by Gasteiger charge is -2.04. The van der Waals surface area contributed by atoms with Gasteiger partial charge in [0.25, 0.3) is 0 Å². The van der Waals surface area contributed by atoms with Gasteiger partial charge in [-0.2, -0.15) is 5.10 Å². The van der Waals surface area contributed by atoms with Crippen LogP contribution in [0.25, 0.3) is 5.69 Å². The standard InChI is InChI=1S/C13H15N3/c1-2-6-12(14)13-9-10-16(15-13)11-7-4-3-5-8-11/h2-5,7-10,12H,1,6,14H2. The molecule has 0 aliphatic carbocycles. The van der Waals surface area contributed by atoms with Gasteiger partial charge in [-0.3, -0.25) is 0 Å². The van der Waals surface area contributed by atoms with Gasteiger partial charge < -0.3 is 5.73 Å². The third-order valence-corrected chi connectivity index (χ3v) is 2.43. The number of hydrogen-bond acceptors (Lipinski definition) is 2. The molecule has 2 N–H and O–H groups in total. The molecule has 2 rings (SSSR count). The molecule has 0 spiro atoms. The Morgan fingerprint density at radius 2 is 2.06 bits per heavy atom. The average molecular weight is 213 g/mol. The highest BCUT2D eigenvalue weighted by Gasteiger charge is 2.07. The van der Waals surface area contributed by atoms with Crippen molar-refractivity contribution in [2.75, 3.05) is 0 Å². The molecule has 0 aliphatic heterocycles. The first kappa shape index (κ1) is 10.6. The van der Waals surface area contributed by atoms with Crippen LogP contribution in [0.2, 0.25) is 0 Å². The summed E-state index contributed by atoms with van der Waals surface area (Å²) in [5.74, 6) is 0. The van der Waals surface area contributed by atoms with Crippen LogP contribution >= 0.6 is 0 Å². The van der Waals surface area contributed by atoms with Crippen LogP contribution in [-0.4, -0.2) is 9.78 Å². The van der Waals surface area contributed by atoms with Crippen LogP contribution in [0.1, 0.15) is 18.2 Å². The zero-order valence-corrected chi connectivity index (χ0v) is 9.08. The first-order chi connectivity index (χ1) is 7.81. The fraction of sp³-hybridized carbons (Fsp3) is 0.154. The molecule has 1 aromatic carbocycles. The predicted octanol–water partition coefficient (Wildman–Crippen LogP) is 2.45. The number of aromatic nitrogens is 2. The minimum absolute atomic E-state index is 0.0672. The van der Waals surface area contributed by atoms with E-state index >= 15 is 0 Å². The van der Waals surface area contributed by atoms with Crippen LogP contribution in [0.3, 0.4) is 0 Å². The molecule has 0 saturated carbocycles. The quantitative estimate of drug-likeness (QED) is 0.793. The molecule has 3 heteroatoms. The van der Waals surface area contributed by atoms with Crippen molar-refractivity contribution in [2.24, 2.45) is 5.73 Å². The van der Waals surface area contributed by atoms with Crippen molar-refractivity contribution in [1.82, 2.24) is 9.78 Å². The molecule has 0 radical (unpaired) electrons. The van der Waals surface area contributed by atoms with E-state index in [1.807, 2.05) is 53.4 Å². The summed E-state index contributed by atoms with van der Waals surface area (Å²) in [6.45, 7) is 3.68. The minimum atomic E-state index is -0.0672. The first-order valence-corrected chi connectivity index (χ1v) is 5.28. The van der Waals surface area contributed by atoms with E-state index in [1.165, 1.54) is 0 Å². The van der Waals surface area contributed by atoms with Crippen molar-refractivity contribution < 1.29 is 0 Å². The van der Waals surface area contributed by atoms with Gasteiger partial charge in [0.1, 0.15) is 0 Å². The Balaban J connectivity index is 2.23. The Bertz CT molecular complexity index is 459. The summed E-state index contributed by atoms with van der Waals surface area (Å²) in [7, 11) is 0. The van der Waals surface area contributed by atoms with Gasteiger partial charge in [0, 0.05) is 6.20 Å². The Hall–Kier alpha value is -1.87. The lowest BCUT2D eigenvalue weighted by atomic mass is 10.1. The summed E-state index contributed by atoms with van der Waals surface area (Å²) in [4.78, 5) is 0. The first-order valence-electron chi connectivity index (χ1n) is 5.28. The second-order valence-electron chi connectivity index (χ2n) is 3.65. The van der Waals surface area contributed by atoms with Crippen LogP contribution in [0, 0.1) is 0 Å². The summed E-state index contributed by atoms with van der Waals surface area (Å²) in [5.41, 5.74) is 7.88. The molecular weight excluding hydrogens is 198 g/mol. The number of para-hydroxylation sites is 1. The Morgan fingerprint density at radius 3 is 2.75 bits per heavy atom. The number of rotatable bonds is 4. The number of nitrogens with zero attached hydrogens (tertiary/aromatic N) is 2. The molecule has 0 aliphatic rings. The largest absolute Gasteiger partial charge is 0.322 e. The van der Waals surface area contributed by atoms with Crippen molar-refractivity contribution in [3.63, 3.8) is 0 Å². The molecule has 0 amide bonds. The van der Waals surface area contributed by atoms with Crippen LogP contribution in [0.15, 0.2) is 55.3 Å². The summed E-state index contributed by atoms with van der Waals surface area (Å²) in [5, 5.41) is 4.44. The summed E-state index contributed by atoms with van der Waals surface area (Å²) in [6, 6.07) is 11.9. The molecule has 0 bridgehead atoms. The third kappa shape index (κ3) is 2.20. The highest BCUT2D eigenvalue weighted by atomic mass is 15.3. The number of benzene rings is 1. The minimum Gasteiger partial charge on any atom is -0.322 e. The van der Waals surface area contributed by atoms with E-state index in [0.717, 1.165) is 17.8 Å². The second kappa shape index (κ2) is 4.77. The molecule has 3 nitrogen and oxygen atoms in total. The van der Waals surface area contributed by atoms with E-state index in [9.17, 15) is 0 Å². The average Bonchev–Trinajstić information content (AvgIpc) is 2.80. The van der Waals surface area contributed by atoms with Crippen molar-refractivity contribution in [1.29, 1.82) is 0 Å². The highest BCUT2D eigenvalue weighted by molar-refractivity contribution is 5.30. The Morgan fingerprint density at radius 1 is 1.31 bits per heavy atom. The summed E-state index contributed by atoms with van der Waals surface area (Å²) >= 11 is 0. The van der Waals surface area contributed by atoms with Crippen molar-refractivity contribution in [2.45, 2.75) is 12.5 Å². The third-order valence-electron chi connectivity index (χ3n) is 2.43. The summed E-state index contributed by atoms with van der Waals surface area (Å²) < 4.78 is 1.83. The van der Waals surface area contributed by atoms with Gasteiger partial charge in [-0.1, -0.05) is 24.3 Å². The molecule has 1 heterocycles. The van der Waals surface area contributed by atoms with Gasteiger partial charge in [0.15, 0.2) is 0 Å². The summed E-state index contributed by atoms with van der Waals surface area (Å²) in [6.07, 6.45) is 4.48. The van der Waals surface area contributed by atoms with E-state index in [2.05, 4.69) is 11.7 Å². The topological polar surface area (TPSA) is 43.8 Å². The SMILES string of the molecule is C=CCC(N)c1ccn(-c2ccccc2)n1. The van der Waals surface area contributed by atoms with E-state index in [0.29, 0.717) is 0 Å². The molecule has 16 heavy (non-hydrogen) atoms. The van der Waals surface area contributed by atoms with Crippen molar-refractivity contribution in [3.05, 3.63) is 60.9 Å². The monoisotopic (exact) mass is 213 g/mol. The van der Waals surface area contributed by atoms with Gasteiger partial charge in [-0.05, 0) is 24.6 Å². The molecule has 1 unspecified atom stereocenters. The molecular formula is C13H15N3. The maximum atomic E-state index is 5.95. The maximum Gasteiger partial charge on any atom is 0.0799 e. The predicted molar refractivity (Wildman–Crippen MR) is 65.3 cm³/mol. The zero-order valence-electron chi connectivity index (χ0n) is 9.08.